The topological polar surface area (TPSA) is 70.6 Å². The quantitative estimate of drug-likeness (QED) is 0.405. The molecule has 0 aromatic heterocycles. The van der Waals surface area contributed by atoms with E-state index in [9.17, 15) is 9.59 Å². The number of carbonyl (C=O) groups excluding carboxylic acids is 2. The van der Waals surface area contributed by atoms with Crippen molar-refractivity contribution >= 4 is 23.2 Å². The summed E-state index contributed by atoms with van der Waals surface area (Å²) in [4.78, 5) is 24.1. The summed E-state index contributed by atoms with van der Waals surface area (Å²) in [7, 11) is 0. The zero-order valence-corrected chi connectivity index (χ0v) is 16.2. The lowest BCUT2D eigenvalue weighted by molar-refractivity contribution is -0.116. The molecule has 2 aromatic carbocycles. The van der Waals surface area contributed by atoms with Gasteiger partial charge in [0, 0.05) is 17.7 Å². The molecule has 0 radical (unpaired) electrons. The Balaban J connectivity index is 1.90. The van der Waals surface area contributed by atoms with E-state index in [1.807, 2.05) is 38.1 Å². The normalized spacial score (nSPS) is 11.1. The first-order chi connectivity index (χ1) is 13.0. The first kappa shape index (κ1) is 20.4. The van der Waals surface area contributed by atoms with E-state index in [0.717, 1.165) is 30.5 Å². The molecule has 27 heavy (non-hydrogen) atoms. The van der Waals surface area contributed by atoms with Crippen LogP contribution in [0.1, 0.15) is 61.0 Å². The summed E-state index contributed by atoms with van der Waals surface area (Å²) in [5.41, 5.74) is 6.61. The number of hydrazone groups is 1. The average Bonchev–Trinajstić information content (AvgIpc) is 2.67. The van der Waals surface area contributed by atoms with Crippen LogP contribution in [0.25, 0.3) is 0 Å². The van der Waals surface area contributed by atoms with Gasteiger partial charge in [-0.3, -0.25) is 9.59 Å². The highest BCUT2D eigenvalue weighted by molar-refractivity contribution is 6.01. The molecule has 2 amide bonds. The highest BCUT2D eigenvalue weighted by Crippen LogP contribution is 2.11. The van der Waals surface area contributed by atoms with E-state index >= 15 is 0 Å². The lowest BCUT2D eigenvalue weighted by Crippen LogP contribution is -2.19. The van der Waals surface area contributed by atoms with Gasteiger partial charge in [0.25, 0.3) is 5.91 Å². The Morgan fingerprint density at radius 1 is 0.926 bits per heavy atom. The number of benzene rings is 2. The maximum Gasteiger partial charge on any atom is 0.271 e. The van der Waals surface area contributed by atoms with Crippen molar-refractivity contribution < 1.29 is 9.59 Å². The van der Waals surface area contributed by atoms with Crippen LogP contribution in [-0.4, -0.2) is 17.5 Å². The molecule has 5 heteroatoms. The van der Waals surface area contributed by atoms with Crippen LogP contribution in [0.4, 0.5) is 5.69 Å². The number of nitrogens with one attached hydrogen (secondary N) is 2. The second-order valence-electron chi connectivity index (χ2n) is 6.59. The SMILES string of the molecule is CCCCCC(=O)Nc1ccc(C(=O)N/N=C(/C)c2ccc(C)cc2)cc1. The summed E-state index contributed by atoms with van der Waals surface area (Å²) < 4.78 is 0. The zero-order chi connectivity index (χ0) is 19.6. The second kappa shape index (κ2) is 10.3. The summed E-state index contributed by atoms with van der Waals surface area (Å²) >= 11 is 0. The predicted molar refractivity (Wildman–Crippen MR) is 110 cm³/mol. The summed E-state index contributed by atoms with van der Waals surface area (Å²) in [6, 6.07) is 14.8. The number of anilines is 1. The smallest absolute Gasteiger partial charge is 0.271 e. The van der Waals surface area contributed by atoms with Crippen LogP contribution in [0.5, 0.6) is 0 Å². The summed E-state index contributed by atoms with van der Waals surface area (Å²) in [6.07, 6.45) is 3.54. The fourth-order valence-corrected chi connectivity index (χ4v) is 2.52. The van der Waals surface area contributed by atoms with E-state index in [1.54, 1.807) is 24.3 Å². The van der Waals surface area contributed by atoms with Gasteiger partial charge in [-0.15, -0.1) is 0 Å². The van der Waals surface area contributed by atoms with Gasteiger partial charge in [-0.05, 0) is 50.1 Å². The maximum absolute atomic E-state index is 12.2. The van der Waals surface area contributed by atoms with Gasteiger partial charge < -0.3 is 5.32 Å². The van der Waals surface area contributed by atoms with Crippen LogP contribution in [0, 0.1) is 6.92 Å². The molecule has 142 valence electrons. The Bertz CT molecular complexity index is 793. The molecule has 0 aliphatic heterocycles. The van der Waals surface area contributed by atoms with E-state index in [2.05, 4.69) is 22.8 Å². The molecule has 2 N–H and O–H groups in total. The number of hydrogen-bond acceptors (Lipinski definition) is 3. The highest BCUT2D eigenvalue weighted by atomic mass is 16.2. The van der Waals surface area contributed by atoms with Crippen LogP contribution in [0.15, 0.2) is 53.6 Å². The van der Waals surface area contributed by atoms with E-state index in [1.165, 1.54) is 5.56 Å². The Morgan fingerprint density at radius 2 is 1.56 bits per heavy atom. The number of rotatable bonds is 8. The molecule has 0 aliphatic rings. The first-order valence-electron chi connectivity index (χ1n) is 9.31. The van der Waals surface area contributed by atoms with Crippen molar-refractivity contribution in [3.05, 3.63) is 65.2 Å². The van der Waals surface area contributed by atoms with Crippen molar-refractivity contribution in [3.8, 4) is 0 Å². The molecule has 0 saturated heterocycles. The van der Waals surface area contributed by atoms with E-state index in [4.69, 9.17) is 0 Å². The summed E-state index contributed by atoms with van der Waals surface area (Å²) in [6.45, 7) is 5.98. The lowest BCUT2D eigenvalue weighted by Gasteiger charge is -2.07. The van der Waals surface area contributed by atoms with Crippen molar-refractivity contribution in [1.29, 1.82) is 0 Å². The predicted octanol–water partition coefficient (Wildman–Crippen LogP) is 4.67. The number of hydrogen-bond donors (Lipinski definition) is 2. The molecule has 0 bridgehead atoms. The Hall–Kier alpha value is -2.95. The molecule has 2 rings (SSSR count). The Labute approximate surface area is 160 Å². The minimum atomic E-state index is -0.290. The fourth-order valence-electron chi connectivity index (χ4n) is 2.52. The van der Waals surface area contributed by atoms with Crippen molar-refractivity contribution in [2.75, 3.05) is 5.32 Å². The van der Waals surface area contributed by atoms with Gasteiger partial charge in [0.05, 0.1) is 5.71 Å². The van der Waals surface area contributed by atoms with Gasteiger partial charge in [-0.25, -0.2) is 5.43 Å². The molecule has 0 unspecified atom stereocenters. The van der Waals surface area contributed by atoms with Gasteiger partial charge in [0.1, 0.15) is 0 Å². The van der Waals surface area contributed by atoms with E-state index in [-0.39, 0.29) is 11.8 Å². The number of nitrogens with zero attached hydrogens (tertiary/aromatic N) is 1. The van der Waals surface area contributed by atoms with E-state index < -0.39 is 0 Å². The van der Waals surface area contributed by atoms with Gasteiger partial charge >= 0.3 is 0 Å². The van der Waals surface area contributed by atoms with Crippen molar-refractivity contribution in [3.63, 3.8) is 0 Å². The molecule has 0 aliphatic carbocycles. The van der Waals surface area contributed by atoms with E-state index in [0.29, 0.717) is 17.7 Å². The fraction of sp³-hybridized carbons (Fsp3) is 0.318. The Kier molecular flexibility index (Phi) is 7.74. The molecule has 0 spiro atoms. The molecule has 0 heterocycles. The van der Waals surface area contributed by atoms with Crippen molar-refractivity contribution in [2.24, 2.45) is 5.10 Å². The van der Waals surface area contributed by atoms with Crippen LogP contribution >= 0.6 is 0 Å². The number of amides is 2. The third-order valence-electron chi connectivity index (χ3n) is 4.23. The number of carbonyl (C=O) groups is 2. The van der Waals surface area contributed by atoms with Gasteiger partial charge in [0.2, 0.25) is 5.91 Å². The molecule has 0 fully saturated rings. The molecular weight excluding hydrogens is 338 g/mol. The van der Waals surface area contributed by atoms with Crippen LogP contribution < -0.4 is 10.7 Å². The second-order valence-corrected chi connectivity index (χ2v) is 6.59. The molecule has 0 saturated carbocycles. The van der Waals surface area contributed by atoms with Crippen LogP contribution in [0.2, 0.25) is 0 Å². The standard InChI is InChI=1S/C22H27N3O2/c1-4-5-6-7-21(26)23-20-14-12-19(13-15-20)22(27)25-24-17(3)18-10-8-16(2)9-11-18/h8-15H,4-7H2,1-3H3,(H,23,26)(H,25,27)/b24-17-. The largest absolute Gasteiger partial charge is 0.326 e. The van der Waals surface area contributed by atoms with Crippen molar-refractivity contribution in [2.45, 2.75) is 46.5 Å². The number of unbranched alkanes of at least 4 members (excludes halogenated alkanes) is 2. The molecule has 5 nitrogen and oxygen atoms in total. The highest BCUT2D eigenvalue weighted by Gasteiger charge is 2.07. The average molecular weight is 365 g/mol. The first-order valence-corrected chi connectivity index (χ1v) is 9.31. The van der Waals surface area contributed by atoms with Crippen LogP contribution in [-0.2, 0) is 4.79 Å². The van der Waals surface area contributed by atoms with Gasteiger partial charge in [-0.1, -0.05) is 49.6 Å². The molecule has 0 atom stereocenters. The lowest BCUT2D eigenvalue weighted by atomic mass is 10.1. The molecule has 2 aromatic rings. The monoisotopic (exact) mass is 365 g/mol. The van der Waals surface area contributed by atoms with Crippen LogP contribution in [0.3, 0.4) is 0 Å². The maximum atomic E-state index is 12.2. The summed E-state index contributed by atoms with van der Waals surface area (Å²) in [5, 5.41) is 7.01. The third kappa shape index (κ3) is 6.70. The zero-order valence-electron chi connectivity index (χ0n) is 16.2. The van der Waals surface area contributed by atoms with Gasteiger partial charge in [-0.2, -0.15) is 5.10 Å². The van der Waals surface area contributed by atoms with Gasteiger partial charge in [0.15, 0.2) is 0 Å². The molecular formula is C22H27N3O2. The minimum absolute atomic E-state index is 0.000950. The summed E-state index contributed by atoms with van der Waals surface area (Å²) in [5.74, 6) is -0.291. The number of aryl methyl sites for hydroxylation is 1. The minimum Gasteiger partial charge on any atom is -0.326 e. The third-order valence-corrected chi connectivity index (χ3v) is 4.23. The van der Waals surface area contributed by atoms with Crippen molar-refractivity contribution in [1.82, 2.24) is 5.43 Å². The Morgan fingerprint density at radius 3 is 2.19 bits per heavy atom.